The number of benzene rings is 3. The molecule has 7 nitrogen and oxygen atoms in total. The number of amides is 2. The van der Waals surface area contributed by atoms with E-state index in [2.05, 4.69) is 5.32 Å². The van der Waals surface area contributed by atoms with Crippen molar-refractivity contribution >= 4 is 62.3 Å². The zero-order valence-corrected chi connectivity index (χ0v) is 24.2. The van der Waals surface area contributed by atoms with Crippen molar-refractivity contribution in [2.24, 2.45) is 0 Å². The van der Waals surface area contributed by atoms with Crippen molar-refractivity contribution in [2.75, 3.05) is 10.8 Å². The third-order valence-corrected chi connectivity index (χ3v) is 8.18. The molecule has 0 saturated heterocycles. The lowest BCUT2D eigenvalue weighted by atomic mass is 10.1. The Labute approximate surface area is 238 Å². The van der Waals surface area contributed by atoms with Crippen LogP contribution in [0.3, 0.4) is 0 Å². The Morgan fingerprint density at radius 2 is 1.53 bits per heavy atom. The van der Waals surface area contributed by atoms with Gasteiger partial charge in [-0.3, -0.25) is 13.9 Å². The second kappa shape index (κ2) is 12.8. The van der Waals surface area contributed by atoms with Crippen molar-refractivity contribution in [1.82, 2.24) is 10.2 Å². The van der Waals surface area contributed by atoms with Crippen molar-refractivity contribution in [2.45, 2.75) is 44.3 Å². The van der Waals surface area contributed by atoms with Gasteiger partial charge in [0.05, 0.1) is 15.6 Å². The van der Waals surface area contributed by atoms with Crippen molar-refractivity contribution in [3.63, 3.8) is 0 Å². The topological polar surface area (TPSA) is 86.8 Å². The van der Waals surface area contributed by atoms with Crippen molar-refractivity contribution < 1.29 is 18.0 Å². The third kappa shape index (κ3) is 7.41. The molecular weight excluding hydrogens is 569 g/mol. The molecular formula is C27H28Cl3N3O4S. The zero-order chi connectivity index (χ0) is 28.0. The number of anilines is 1. The lowest BCUT2D eigenvalue weighted by molar-refractivity contribution is -0.139. The first-order valence-electron chi connectivity index (χ1n) is 11.8. The number of carbonyl (C=O) groups excluding carboxylic acids is 2. The molecule has 0 aliphatic carbocycles. The molecule has 0 aromatic heterocycles. The molecule has 0 aliphatic rings. The fourth-order valence-electron chi connectivity index (χ4n) is 3.74. The summed E-state index contributed by atoms with van der Waals surface area (Å²) in [6.07, 6.45) is 0. The largest absolute Gasteiger partial charge is 0.352 e. The fraction of sp³-hybridized carbons (Fsp3) is 0.259. The molecule has 0 saturated carbocycles. The van der Waals surface area contributed by atoms with Gasteiger partial charge in [-0.1, -0.05) is 65.1 Å². The second-order valence-electron chi connectivity index (χ2n) is 8.91. The maximum absolute atomic E-state index is 13.8. The van der Waals surface area contributed by atoms with Crippen LogP contribution in [0.2, 0.25) is 15.1 Å². The Morgan fingerprint density at radius 3 is 2.13 bits per heavy atom. The first-order chi connectivity index (χ1) is 17.9. The second-order valence-corrected chi connectivity index (χ2v) is 12.1. The van der Waals surface area contributed by atoms with Gasteiger partial charge >= 0.3 is 0 Å². The molecule has 0 fully saturated rings. The molecule has 2 amide bonds. The van der Waals surface area contributed by atoms with Crippen LogP contribution in [0.5, 0.6) is 0 Å². The maximum Gasteiger partial charge on any atom is 0.264 e. The van der Waals surface area contributed by atoms with E-state index in [4.69, 9.17) is 34.8 Å². The van der Waals surface area contributed by atoms with Crippen LogP contribution in [0.25, 0.3) is 0 Å². The van der Waals surface area contributed by atoms with Crippen molar-refractivity contribution in [3.05, 3.63) is 93.4 Å². The Morgan fingerprint density at radius 1 is 0.868 bits per heavy atom. The minimum absolute atomic E-state index is 0.0224. The molecule has 38 heavy (non-hydrogen) atoms. The Balaban J connectivity index is 2.06. The quantitative estimate of drug-likeness (QED) is 0.321. The molecule has 1 N–H and O–H groups in total. The molecule has 0 aliphatic heterocycles. The van der Waals surface area contributed by atoms with Crippen LogP contribution in [0, 0.1) is 0 Å². The van der Waals surface area contributed by atoms with Crippen LogP contribution < -0.4 is 9.62 Å². The van der Waals surface area contributed by atoms with E-state index in [0.29, 0.717) is 15.6 Å². The number of hydrogen-bond acceptors (Lipinski definition) is 4. The predicted molar refractivity (Wildman–Crippen MR) is 152 cm³/mol. The van der Waals surface area contributed by atoms with Gasteiger partial charge in [0, 0.05) is 22.6 Å². The SMILES string of the molecule is CC(C)NC(=O)C(C)N(Cc1cccc(Cl)c1)C(=O)CN(c1ccc(Cl)cc1Cl)S(=O)(=O)c1ccccc1. The normalized spacial score (nSPS) is 12.2. The summed E-state index contributed by atoms with van der Waals surface area (Å²) in [5, 5.41) is 3.63. The summed E-state index contributed by atoms with van der Waals surface area (Å²) >= 11 is 18.6. The van der Waals surface area contributed by atoms with E-state index in [0.717, 1.165) is 4.31 Å². The van der Waals surface area contributed by atoms with Crippen LogP contribution in [-0.4, -0.2) is 43.8 Å². The van der Waals surface area contributed by atoms with Gasteiger partial charge in [-0.25, -0.2) is 8.42 Å². The van der Waals surface area contributed by atoms with E-state index in [-0.39, 0.29) is 34.1 Å². The van der Waals surface area contributed by atoms with Gasteiger partial charge in [-0.2, -0.15) is 0 Å². The number of halogens is 3. The molecule has 3 rings (SSSR count). The third-order valence-electron chi connectivity index (χ3n) is 5.63. The predicted octanol–water partition coefficient (Wildman–Crippen LogP) is 5.78. The molecule has 0 bridgehead atoms. The number of nitrogens with one attached hydrogen (secondary N) is 1. The highest BCUT2D eigenvalue weighted by atomic mass is 35.5. The molecule has 11 heteroatoms. The molecule has 202 valence electrons. The minimum atomic E-state index is -4.23. The van der Waals surface area contributed by atoms with Gasteiger partial charge in [0.1, 0.15) is 12.6 Å². The number of carbonyl (C=O) groups is 2. The van der Waals surface area contributed by atoms with Crippen molar-refractivity contribution in [1.29, 1.82) is 0 Å². The van der Waals surface area contributed by atoms with Crippen LogP contribution in [0.15, 0.2) is 77.7 Å². The van der Waals surface area contributed by atoms with E-state index < -0.39 is 28.5 Å². The lowest BCUT2D eigenvalue weighted by Crippen LogP contribution is -2.52. The van der Waals surface area contributed by atoms with Gasteiger partial charge in [0.25, 0.3) is 10.0 Å². The minimum Gasteiger partial charge on any atom is -0.352 e. The van der Waals surface area contributed by atoms with E-state index in [1.807, 2.05) is 13.8 Å². The van der Waals surface area contributed by atoms with Gasteiger partial charge in [0.2, 0.25) is 11.8 Å². The first-order valence-corrected chi connectivity index (χ1v) is 14.3. The summed E-state index contributed by atoms with van der Waals surface area (Å²) in [5.74, 6) is -0.987. The lowest BCUT2D eigenvalue weighted by Gasteiger charge is -2.32. The van der Waals surface area contributed by atoms with Gasteiger partial charge < -0.3 is 10.2 Å². The molecule has 1 unspecified atom stereocenters. The Kier molecular flexibility index (Phi) is 10.1. The fourth-order valence-corrected chi connectivity index (χ4v) is 5.96. The van der Waals surface area contributed by atoms with Crippen LogP contribution in [0.4, 0.5) is 5.69 Å². The Hall–Kier alpha value is -2.78. The Bertz CT molecular complexity index is 1400. The first kappa shape index (κ1) is 29.8. The highest BCUT2D eigenvalue weighted by molar-refractivity contribution is 7.92. The van der Waals surface area contributed by atoms with Crippen LogP contribution in [-0.2, 0) is 26.2 Å². The summed E-state index contributed by atoms with van der Waals surface area (Å²) in [6.45, 7) is 4.62. The molecule has 0 spiro atoms. The average Bonchev–Trinajstić information content (AvgIpc) is 2.86. The van der Waals surface area contributed by atoms with E-state index in [1.54, 1.807) is 49.4 Å². The monoisotopic (exact) mass is 595 g/mol. The molecule has 0 radical (unpaired) electrons. The van der Waals surface area contributed by atoms with Gasteiger partial charge in [0.15, 0.2) is 0 Å². The van der Waals surface area contributed by atoms with E-state index in [1.165, 1.54) is 35.2 Å². The van der Waals surface area contributed by atoms with Gasteiger partial charge in [-0.05, 0) is 68.8 Å². The maximum atomic E-state index is 13.8. The zero-order valence-electron chi connectivity index (χ0n) is 21.1. The molecule has 3 aromatic carbocycles. The number of hydrogen-bond donors (Lipinski definition) is 1. The highest BCUT2D eigenvalue weighted by Gasteiger charge is 2.33. The van der Waals surface area contributed by atoms with Gasteiger partial charge in [-0.15, -0.1) is 0 Å². The number of sulfonamides is 1. The average molecular weight is 597 g/mol. The smallest absolute Gasteiger partial charge is 0.264 e. The van der Waals surface area contributed by atoms with E-state index in [9.17, 15) is 18.0 Å². The molecule has 0 heterocycles. The molecule has 1 atom stereocenters. The van der Waals surface area contributed by atoms with E-state index >= 15 is 0 Å². The number of rotatable bonds is 10. The summed E-state index contributed by atoms with van der Waals surface area (Å²) in [6, 6.07) is 17.9. The van der Waals surface area contributed by atoms with Crippen LogP contribution >= 0.6 is 34.8 Å². The summed E-state index contributed by atoms with van der Waals surface area (Å²) in [5.41, 5.74) is 0.757. The summed E-state index contributed by atoms with van der Waals surface area (Å²) in [7, 11) is -4.23. The van der Waals surface area contributed by atoms with Crippen molar-refractivity contribution in [3.8, 4) is 0 Å². The van der Waals surface area contributed by atoms with Crippen LogP contribution in [0.1, 0.15) is 26.3 Å². The molecule has 3 aromatic rings. The summed E-state index contributed by atoms with van der Waals surface area (Å²) < 4.78 is 28.4. The highest BCUT2D eigenvalue weighted by Crippen LogP contribution is 2.33. The summed E-state index contributed by atoms with van der Waals surface area (Å²) in [4.78, 5) is 28.1. The number of nitrogens with zero attached hydrogens (tertiary/aromatic N) is 2. The standard InChI is InChI=1S/C27H28Cl3N3O4S/c1-18(2)31-27(35)19(3)32(16-20-8-7-9-21(28)14-20)26(34)17-33(25-13-12-22(29)15-24(25)30)38(36,37)23-10-5-4-6-11-23/h4-15,18-19H,16-17H2,1-3H3,(H,31,35).